The number of ether oxygens (including phenoxy) is 1. The molecular formula is C12H15N3OS. The number of pyridine rings is 1. The Morgan fingerprint density at radius 3 is 2.71 bits per heavy atom. The molecule has 1 atom stereocenters. The smallest absolute Gasteiger partial charge is 0.212 e. The van der Waals surface area contributed by atoms with Gasteiger partial charge in [0.05, 0.1) is 13.2 Å². The predicted octanol–water partition coefficient (Wildman–Crippen LogP) is 2.16. The van der Waals surface area contributed by atoms with E-state index >= 15 is 0 Å². The van der Waals surface area contributed by atoms with Crippen molar-refractivity contribution in [1.29, 1.82) is 0 Å². The van der Waals surface area contributed by atoms with Gasteiger partial charge in [-0.2, -0.15) is 0 Å². The second-order valence-electron chi connectivity index (χ2n) is 3.68. The minimum absolute atomic E-state index is 0.0899. The highest BCUT2D eigenvalue weighted by Gasteiger charge is 2.15. The van der Waals surface area contributed by atoms with Gasteiger partial charge in [0.15, 0.2) is 0 Å². The maximum absolute atomic E-state index is 5.05. The van der Waals surface area contributed by atoms with E-state index in [1.54, 1.807) is 18.4 Å². The van der Waals surface area contributed by atoms with E-state index in [2.05, 4.69) is 20.7 Å². The van der Waals surface area contributed by atoms with E-state index in [9.17, 15) is 0 Å². The van der Waals surface area contributed by atoms with Gasteiger partial charge in [0.2, 0.25) is 5.88 Å². The van der Waals surface area contributed by atoms with Gasteiger partial charge in [0.25, 0.3) is 0 Å². The Bertz CT molecular complexity index is 481. The van der Waals surface area contributed by atoms with Crippen LogP contribution in [0.5, 0.6) is 5.88 Å². The van der Waals surface area contributed by atoms with Gasteiger partial charge < -0.3 is 10.1 Å². The maximum atomic E-state index is 5.05. The first-order valence-electron chi connectivity index (χ1n) is 5.34. The van der Waals surface area contributed by atoms with Crippen molar-refractivity contribution in [2.75, 3.05) is 14.2 Å². The summed E-state index contributed by atoms with van der Waals surface area (Å²) in [7, 11) is 3.54. The number of rotatable bonds is 4. The average Bonchev–Trinajstić information content (AvgIpc) is 2.78. The summed E-state index contributed by atoms with van der Waals surface area (Å²) in [6.07, 6.45) is 1.82. The molecule has 1 unspecified atom stereocenters. The molecule has 0 spiro atoms. The minimum Gasteiger partial charge on any atom is -0.481 e. The van der Waals surface area contributed by atoms with Crippen molar-refractivity contribution >= 4 is 11.3 Å². The molecule has 0 aliphatic carbocycles. The van der Waals surface area contributed by atoms with E-state index in [4.69, 9.17) is 4.74 Å². The third-order valence-electron chi connectivity index (χ3n) is 2.47. The molecule has 5 heteroatoms. The molecule has 2 heterocycles. The lowest BCUT2D eigenvalue weighted by atomic mass is 10.1. The molecule has 0 amide bonds. The van der Waals surface area contributed by atoms with E-state index in [1.165, 1.54) is 0 Å². The topological polar surface area (TPSA) is 47.0 Å². The average molecular weight is 249 g/mol. The van der Waals surface area contributed by atoms with E-state index in [0.29, 0.717) is 5.88 Å². The largest absolute Gasteiger partial charge is 0.481 e. The van der Waals surface area contributed by atoms with Crippen LogP contribution in [0.3, 0.4) is 0 Å². The molecule has 0 fully saturated rings. The van der Waals surface area contributed by atoms with Crippen LogP contribution in [0.2, 0.25) is 0 Å². The molecule has 0 aliphatic heterocycles. The number of hydrogen-bond acceptors (Lipinski definition) is 5. The molecule has 90 valence electrons. The second-order valence-corrected chi connectivity index (χ2v) is 4.57. The second kappa shape index (κ2) is 5.25. The monoisotopic (exact) mass is 249 g/mol. The molecule has 0 bridgehead atoms. The molecule has 0 aliphatic rings. The number of hydrogen-bond donors (Lipinski definition) is 1. The quantitative estimate of drug-likeness (QED) is 0.902. The zero-order valence-electron chi connectivity index (χ0n) is 10.1. The van der Waals surface area contributed by atoms with E-state index in [-0.39, 0.29) is 6.04 Å². The van der Waals surface area contributed by atoms with Gasteiger partial charge in [-0.1, -0.05) is 6.07 Å². The molecule has 0 aromatic carbocycles. The zero-order valence-corrected chi connectivity index (χ0v) is 10.9. The first-order chi connectivity index (χ1) is 8.24. The standard InChI is InChI=1S/C12H15N3OS/c1-8-7-17-12(15-8)11(13-2)9-4-5-10(16-3)14-6-9/h4-7,11,13H,1-3H3. The fourth-order valence-corrected chi connectivity index (χ4v) is 2.55. The van der Waals surface area contributed by atoms with Gasteiger partial charge in [-0.15, -0.1) is 11.3 Å². The number of nitrogens with one attached hydrogen (secondary N) is 1. The van der Waals surface area contributed by atoms with Gasteiger partial charge in [-0.3, -0.25) is 0 Å². The lowest BCUT2D eigenvalue weighted by molar-refractivity contribution is 0.397. The van der Waals surface area contributed by atoms with Gasteiger partial charge in [0, 0.05) is 23.3 Å². The molecule has 2 rings (SSSR count). The summed E-state index contributed by atoms with van der Waals surface area (Å²) in [5.74, 6) is 0.624. The summed E-state index contributed by atoms with van der Waals surface area (Å²) in [5, 5.41) is 6.36. The number of thiazole rings is 1. The fraction of sp³-hybridized carbons (Fsp3) is 0.333. The van der Waals surface area contributed by atoms with Gasteiger partial charge in [-0.05, 0) is 19.5 Å². The normalized spacial score (nSPS) is 12.4. The lowest BCUT2D eigenvalue weighted by Gasteiger charge is -2.13. The first kappa shape index (κ1) is 12.0. The van der Waals surface area contributed by atoms with Gasteiger partial charge in [-0.25, -0.2) is 9.97 Å². The lowest BCUT2D eigenvalue weighted by Crippen LogP contribution is -2.17. The fourth-order valence-electron chi connectivity index (χ4n) is 1.62. The first-order valence-corrected chi connectivity index (χ1v) is 6.21. The molecular weight excluding hydrogens is 234 g/mol. The van der Waals surface area contributed by atoms with Crippen LogP contribution in [0.25, 0.3) is 0 Å². The van der Waals surface area contributed by atoms with Crippen LogP contribution < -0.4 is 10.1 Å². The summed E-state index contributed by atoms with van der Waals surface area (Å²) >= 11 is 1.65. The molecule has 17 heavy (non-hydrogen) atoms. The molecule has 0 saturated carbocycles. The van der Waals surface area contributed by atoms with Crippen molar-refractivity contribution < 1.29 is 4.74 Å². The molecule has 4 nitrogen and oxygen atoms in total. The third-order valence-corrected chi connectivity index (χ3v) is 3.50. The Morgan fingerprint density at radius 1 is 1.41 bits per heavy atom. The van der Waals surface area contributed by atoms with Crippen LogP contribution in [-0.4, -0.2) is 24.1 Å². The SMILES string of the molecule is CNC(c1ccc(OC)nc1)c1nc(C)cs1. The summed E-state index contributed by atoms with van der Waals surface area (Å²) < 4.78 is 5.05. The van der Waals surface area contributed by atoms with Crippen LogP contribution in [0.1, 0.15) is 22.3 Å². The minimum atomic E-state index is 0.0899. The van der Waals surface area contributed by atoms with Crippen molar-refractivity contribution in [2.45, 2.75) is 13.0 Å². The number of methoxy groups -OCH3 is 1. The Balaban J connectivity index is 2.28. The Labute approximate surface area is 105 Å². The summed E-state index contributed by atoms with van der Waals surface area (Å²) in [6, 6.07) is 3.95. The molecule has 1 N–H and O–H groups in total. The zero-order chi connectivity index (χ0) is 12.3. The van der Waals surface area contributed by atoms with Crippen molar-refractivity contribution in [3.05, 3.63) is 40.0 Å². The van der Waals surface area contributed by atoms with E-state index in [0.717, 1.165) is 16.3 Å². The Morgan fingerprint density at radius 2 is 2.24 bits per heavy atom. The maximum Gasteiger partial charge on any atom is 0.212 e. The van der Waals surface area contributed by atoms with Crippen molar-refractivity contribution in [3.8, 4) is 5.88 Å². The van der Waals surface area contributed by atoms with Gasteiger partial charge >= 0.3 is 0 Å². The Hall–Kier alpha value is -1.46. The van der Waals surface area contributed by atoms with Crippen molar-refractivity contribution in [2.24, 2.45) is 0 Å². The van der Waals surface area contributed by atoms with Crippen LogP contribution in [-0.2, 0) is 0 Å². The summed E-state index contributed by atoms with van der Waals surface area (Å²) in [4.78, 5) is 8.71. The van der Waals surface area contributed by atoms with Crippen LogP contribution >= 0.6 is 11.3 Å². The van der Waals surface area contributed by atoms with E-state index in [1.807, 2.05) is 32.3 Å². The molecule has 2 aromatic rings. The van der Waals surface area contributed by atoms with Gasteiger partial charge in [0.1, 0.15) is 5.01 Å². The van der Waals surface area contributed by atoms with Crippen LogP contribution in [0.4, 0.5) is 0 Å². The molecule has 2 aromatic heterocycles. The van der Waals surface area contributed by atoms with Crippen molar-refractivity contribution in [3.63, 3.8) is 0 Å². The summed E-state index contributed by atoms with van der Waals surface area (Å²) in [6.45, 7) is 2.00. The number of aryl methyl sites for hydroxylation is 1. The number of aromatic nitrogens is 2. The molecule has 0 radical (unpaired) electrons. The Kier molecular flexibility index (Phi) is 3.71. The summed E-state index contributed by atoms with van der Waals surface area (Å²) in [5.41, 5.74) is 2.13. The predicted molar refractivity (Wildman–Crippen MR) is 68.5 cm³/mol. The third kappa shape index (κ3) is 2.62. The highest BCUT2D eigenvalue weighted by molar-refractivity contribution is 7.09. The highest BCUT2D eigenvalue weighted by Crippen LogP contribution is 2.24. The molecule has 0 saturated heterocycles. The van der Waals surface area contributed by atoms with Crippen LogP contribution in [0, 0.1) is 6.92 Å². The van der Waals surface area contributed by atoms with Crippen LogP contribution in [0.15, 0.2) is 23.7 Å². The van der Waals surface area contributed by atoms with Crippen molar-refractivity contribution in [1.82, 2.24) is 15.3 Å². The highest BCUT2D eigenvalue weighted by atomic mass is 32.1. The number of nitrogens with zero attached hydrogens (tertiary/aromatic N) is 2. The van der Waals surface area contributed by atoms with E-state index < -0.39 is 0 Å².